The third kappa shape index (κ3) is 8.21. The number of hydrogen-bond acceptors (Lipinski definition) is 5. The van der Waals surface area contributed by atoms with E-state index in [2.05, 4.69) is 5.32 Å². The molecule has 7 nitrogen and oxygen atoms in total. The van der Waals surface area contributed by atoms with E-state index >= 15 is 0 Å². The molecule has 1 aliphatic heterocycles. The Hall–Kier alpha value is -4.12. The number of carbonyl (C=O) groups is 2. The molecule has 58 heavy (non-hydrogen) atoms. The Labute approximate surface area is 321 Å². The van der Waals surface area contributed by atoms with E-state index in [9.17, 15) is 84.2 Å². The second-order valence-electron chi connectivity index (χ2n) is 13.2. The first-order valence-corrected chi connectivity index (χ1v) is 16.6. The van der Waals surface area contributed by atoms with Crippen molar-refractivity contribution < 1.29 is 98.4 Å². The van der Waals surface area contributed by atoms with Crippen LogP contribution in [0.25, 0.3) is 0 Å². The van der Waals surface area contributed by atoms with Crippen LogP contribution in [0.3, 0.4) is 0 Å². The Kier molecular flexibility index (Phi) is 13.4. The first-order valence-electron chi connectivity index (χ1n) is 16.2. The molecule has 2 amide bonds. The minimum atomic E-state index is -8.71. The van der Waals surface area contributed by atoms with E-state index in [1.807, 2.05) is 0 Å². The van der Waals surface area contributed by atoms with E-state index < -0.39 is 97.2 Å². The predicted octanol–water partition coefficient (Wildman–Crippen LogP) is 10.5. The molecule has 1 atom stereocenters. The zero-order valence-electron chi connectivity index (χ0n) is 29.9. The number of anilines is 1. The normalized spacial score (nSPS) is 16.6. The highest BCUT2D eigenvalue weighted by molar-refractivity contribution is 6.31. The lowest BCUT2D eigenvalue weighted by atomic mass is 9.88. The molecule has 1 N–H and O–H groups in total. The van der Waals surface area contributed by atoms with Gasteiger partial charge in [-0.15, -0.1) is 0 Å². The predicted molar refractivity (Wildman–Crippen MR) is 168 cm³/mol. The molecule has 0 spiro atoms. The molecule has 3 rings (SSSR count). The summed E-state index contributed by atoms with van der Waals surface area (Å²) in [7, 11) is 2.17. The van der Waals surface area contributed by atoms with Crippen molar-refractivity contribution in [2.45, 2.75) is 93.3 Å². The molecule has 328 valence electrons. The maximum absolute atomic E-state index is 14.4. The number of hydrogen-bond donors (Lipinski definition) is 1. The van der Waals surface area contributed by atoms with E-state index in [1.165, 1.54) is 23.1 Å². The zero-order chi connectivity index (χ0) is 44.8. The fourth-order valence-corrected chi connectivity index (χ4v) is 5.70. The minimum absolute atomic E-state index is 0.0420. The van der Waals surface area contributed by atoms with E-state index in [1.54, 1.807) is 13.8 Å². The fraction of sp³-hybridized carbons (Fsp3) is 0.576. The zero-order valence-corrected chi connectivity index (χ0v) is 30.6. The molecule has 1 unspecified atom stereocenters. The average Bonchev–Trinajstić information content (AvgIpc) is 3.18. The topological polar surface area (TPSA) is 77.1 Å². The quantitative estimate of drug-likeness (QED) is 0.126. The molecule has 0 saturated carbocycles. The number of benzene rings is 2. The first-order chi connectivity index (χ1) is 26.2. The van der Waals surface area contributed by atoms with Crippen LogP contribution in [-0.4, -0.2) is 91.2 Å². The summed E-state index contributed by atoms with van der Waals surface area (Å²) in [4.78, 5) is 28.3. The van der Waals surface area contributed by atoms with E-state index in [0.717, 1.165) is 26.4 Å². The van der Waals surface area contributed by atoms with Gasteiger partial charge in [-0.05, 0) is 37.0 Å². The maximum Gasteiger partial charge on any atom is 0.460 e. The molecule has 0 aliphatic carbocycles. The monoisotopic (exact) mass is 892 g/mol. The van der Waals surface area contributed by atoms with Gasteiger partial charge in [-0.2, -0.15) is 74.6 Å². The number of ether oxygens (including phenoxy) is 3. The maximum atomic E-state index is 14.4. The van der Waals surface area contributed by atoms with Crippen molar-refractivity contribution in [1.82, 2.24) is 4.90 Å². The number of fused-ring (bicyclic) bond motifs is 1. The van der Waals surface area contributed by atoms with E-state index in [0.29, 0.717) is 0 Å². The molecule has 0 fully saturated rings. The highest BCUT2D eigenvalue weighted by Gasteiger charge is 2.95. The third-order valence-electron chi connectivity index (χ3n) is 8.71. The van der Waals surface area contributed by atoms with Gasteiger partial charge in [0.15, 0.2) is 0 Å². The Morgan fingerprint density at radius 3 is 1.67 bits per heavy atom. The second-order valence-corrected chi connectivity index (χ2v) is 13.6. The lowest BCUT2D eigenvalue weighted by Gasteiger charge is -2.42. The summed E-state index contributed by atoms with van der Waals surface area (Å²) >= 11 is 6.03. The Balaban J connectivity index is 1.87. The summed E-state index contributed by atoms with van der Waals surface area (Å²) in [5.41, 5.74) is 0.210. The smallest absolute Gasteiger partial charge is 0.460 e. The van der Waals surface area contributed by atoms with Crippen LogP contribution in [0, 0.1) is 5.92 Å². The van der Waals surface area contributed by atoms with Crippen molar-refractivity contribution in [3.63, 3.8) is 0 Å². The van der Waals surface area contributed by atoms with Crippen molar-refractivity contribution in [3.8, 4) is 17.2 Å². The highest BCUT2D eigenvalue weighted by atomic mass is 35.5. The van der Waals surface area contributed by atoms with Crippen LogP contribution < -0.4 is 19.5 Å². The van der Waals surface area contributed by atoms with Gasteiger partial charge in [0, 0.05) is 23.6 Å². The third-order valence-corrected chi connectivity index (χ3v) is 8.94. The molecule has 2 aromatic carbocycles. The van der Waals surface area contributed by atoms with Crippen molar-refractivity contribution in [3.05, 3.63) is 46.5 Å². The van der Waals surface area contributed by atoms with E-state index in [4.69, 9.17) is 25.8 Å². The summed E-state index contributed by atoms with van der Waals surface area (Å²) in [6.45, 7) is 1.91. The number of halogens is 18. The van der Waals surface area contributed by atoms with Crippen molar-refractivity contribution in [2.24, 2.45) is 5.92 Å². The summed E-state index contributed by atoms with van der Waals surface area (Å²) in [6.07, 6.45) is -11.9. The van der Waals surface area contributed by atoms with Crippen molar-refractivity contribution in [1.29, 1.82) is 0 Å². The van der Waals surface area contributed by atoms with Gasteiger partial charge in [0.1, 0.15) is 23.3 Å². The Bertz CT molecular complexity index is 1810. The van der Waals surface area contributed by atoms with Crippen molar-refractivity contribution >= 4 is 29.1 Å². The van der Waals surface area contributed by atoms with Gasteiger partial charge in [0.05, 0.1) is 44.2 Å². The number of carbonyl (C=O) groups excluding carboxylic acids is 2. The number of alkyl halides is 17. The largest absolute Gasteiger partial charge is 0.496 e. The van der Waals surface area contributed by atoms with Gasteiger partial charge in [-0.1, -0.05) is 25.4 Å². The van der Waals surface area contributed by atoms with Crippen molar-refractivity contribution in [2.75, 3.05) is 26.1 Å². The summed E-state index contributed by atoms with van der Waals surface area (Å²) in [5.74, 6) is -59.1. The van der Waals surface area contributed by atoms with Crippen LogP contribution in [-0.2, 0) is 11.3 Å². The first kappa shape index (κ1) is 48.3. The SMILES string of the molecule is COc1cc(OCCCC(F)(F)C(F)(F)C(F)(F)C(F)(F)C(F)(F)C(F)(F)C(F)(F)C(F)(F)F)cc(OC)c1CN1C(=O)c2ccc(Cl)cc2NC(=O)C1CC(C)C. The molecule has 0 saturated heterocycles. The molecular formula is C33H30ClF17N2O5. The molecule has 2 aromatic rings. The lowest BCUT2D eigenvalue weighted by Crippen LogP contribution is -2.74. The van der Waals surface area contributed by atoms with Crippen LogP contribution in [0.15, 0.2) is 30.3 Å². The number of nitrogens with zero attached hydrogens (tertiary/aromatic N) is 1. The molecular weight excluding hydrogens is 863 g/mol. The molecule has 25 heteroatoms. The number of methoxy groups -OCH3 is 2. The number of nitrogens with one attached hydrogen (secondary N) is 1. The van der Waals surface area contributed by atoms with E-state index in [-0.39, 0.29) is 45.7 Å². The van der Waals surface area contributed by atoms with Crippen LogP contribution >= 0.6 is 11.6 Å². The second kappa shape index (κ2) is 16.1. The molecule has 0 radical (unpaired) electrons. The minimum Gasteiger partial charge on any atom is -0.496 e. The van der Waals surface area contributed by atoms with Gasteiger partial charge in [0.25, 0.3) is 5.91 Å². The molecule has 0 aromatic heterocycles. The standard InChI is InChI=1S/C33H30ClF17N2O5/c1-15(2)10-21-24(54)52-20-11-16(34)6-7-18(20)25(55)53(21)14-19-22(56-3)12-17(13-23(19)57-4)58-9-5-8-26(35,36)27(37,38)28(39,40)29(41,42)30(43,44)31(45,46)32(47,48)33(49,50)51/h6-7,11-13,15,21H,5,8-10,14H2,1-4H3,(H,52,54). The summed E-state index contributed by atoms with van der Waals surface area (Å²) in [5, 5.41) is 2.84. The fourth-order valence-electron chi connectivity index (χ4n) is 5.53. The summed E-state index contributed by atoms with van der Waals surface area (Å²) in [6, 6.07) is 5.01. The van der Waals surface area contributed by atoms with Gasteiger partial charge in [0.2, 0.25) is 5.91 Å². The number of amides is 2. The highest BCUT2D eigenvalue weighted by Crippen LogP contribution is 2.64. The molecule has 0 bridgehead atoms. The lowest BCUT2D eigenvalue weighted by molar-refractivity contribution is -0.461. The van der Waals surface area contributed by atoms with Gasteiger partial charge < -0.3 is 24.4 Å². The number of rotatable bonds is 17. The van der Waals surface area contributed by atoms with Crippen LogP contribution in [0.1, 0.15) is 49.0 Å². The van der Waals surface area contributed by atoms with Crippen LogP contribution in [0.4, 0.5) is 80.3 Å². The molecule has 1 heterocycles. The van der Waals surface area contributed by atoms with Gasteiger partial charge >= 0.3 is 47.6 Å². The van der Waals surface area contributed by atoms with Crippen LogP contribution in [0.2, 0.25) is 5.02 Å². The average molecular weight is 893 g/mol. The van der Waals surface area contributed by atoms with Gasteiger partial charge in [-0.3, -0.25) is 9.59 Å². The Morgan fingerprint density at radius 2 is 1.21 bits per heavy atom. The Morgan fingerprint density at radius 1 is 0.724 bits per heavy atom. The van der Waals surface area contributed by atoms with Gasteiger partial charge in [-0.25, -0.2) is 0 Å². The summed E-state index contributed by atoms with van der Waals surface area (Å²) < 4.78 is 247. The van der Waals surface area contributed by atoms with Crippen LogP contribution in [0.5, 0.6) is 17.2 Å². The molecule has 1 aliphatic rings.